The Morgan fingerprint density at radius 2 is 2.06 bits per heavy atom. The van der Waals surface area contributed by atoms with E-state index in [1.54, 1.807) is 6.07 Å². The van der Waals surface area contributed by atoms with Crippen LogP contribution < -0.4 is 5.73 Å². The van der Waals surface area contributed by atoms with Gasteiger partial charge in [-0.3, -0.25) is 4.79 Å². The smallest absolute Gasteiger partial charge is 0.181 e. The lowest BCUT2D eigenvalue weighted by Gasteiger charge is -2.16. The molecule has 0 saturated heterocycles. The third-order valence-electron chi connectivity index (χ3n) is 2.42. The summed E-state index contributed by atoms with van der Waals surface area (Å²) in [5, 5.41) is 10.0. The lowest BCUT2D eigenvalue weighted by Crippen LogP contribution is -2.20. The zero-order valence-corrected chi connectivity index (χ0v) is 10.8. The predicted molar refractivity (Wildman–Crippen MR) is 69.5 cm³/mol. The number of nitrogen functional groups attached to an aromatic ring is 1. The molecule has 0 atom stereocenters. The first-order valence-electron chi connectivity index (χ1n) is 5.23. The van der Waals surface area contributed by atoms with Crippen molar-refractivity contribution in [1.82, 2.24) is 4.98 Å². The van der Waals surface area contributed by atoms with Crippen molar-refractivity contribution in [1.29, 1.82) is 0 Å². The average molecular weight is 250 g/mol. The monoisotopic (exact) mass is 250 g/mol. The van der Waals surface area contributed by atoms with E-state index in [9.17, 15) is 9.90 Å². The molecule has 1 aromatic heterocycles. The Morgan fingerprint density at radius 3 is 2.65 bits per heavy atom. The van der Waals surface area contributed by atoms with Crippen molar-refractivity contribution in [3.8, 4) is 5.75 Å². The third kappa shape index (κ3) is 2.10. The number of aromatic nitrogens is 1. The standard InChI is InChI=1S/C12H14N2O2S/c1-12(2,3)10(16)7-4-6(15)5-8-9(7)14-11(13)17-8/h4-5,15H,1-3H3,(H2,13,14). The first-order chi connectivity index (χ1) is 7.79. The Balaban J connectivity index is 2.72. The Morgan fingerprint density at radius 1 is 1.41 bits per heavy atom. The van der Waals surface area contributed by atoms with E-state index in [4.69, 9.17) is 5.73 Å². The molecular weight excluding hydrogens is 236 g/mol. The zero-order valence-electron chi connectivity index (χ0n) is 9.94. The molecule has 0 unspecified atom stereocenters. The molecule has 90 valence electrons. The molecule has 0 radical (unpaired) electrons. The molecule has 0 aliphatic rings. The Kier molecular flexibility index (Phi) is 2.58. The molecule has 17 heavy (non-hydrogen) atoms. The number of Topliss-reactive ketones (excluding diaryl/α,β-unsaturated/α-hetero) is 1. The molecule has 0 amide bonds. The molecule has 0 saturated carbocycles. The van der Waals surface area contributed by atoms with Gasteiger partial charge in [0.1, 0.15) is 5.75 Å². The highest BCUT2D eigenvalue weighted by atomic mass is 32.1. The number of aromatic hydroxyl groups is 1. The van der Waals surface area contributed by atoms with E-state index in [0.717, 1.165) is 4.70 Å². The van der Waals surface area contributed by atoms with E-state index < -0.39 is 5.41 Å². The second-order valence-electron chi connectivity index (χ2n) is 4.97. The molecule has 0 aliphatic heterocycles. The topological polar surface area (TPSA) is 76.2 Å². The van der Waals surface area contributed by atoms with E-state index in [2.05, 4.69) is 4.98 Å². The molecule has 4 nitrogen and oxygen atoms in total. The van der Waals surface area contributed by atoms with Gasteiger partial charge in [0.25, 0.3) is 0 Å². The van der Waals surface area contributed by atoms with Gasteiger partial charge in [0, 0.05) is 11.0 Å². The first kappa shape index (κ1) is 11.9. The summed E-state index contributed by atoms with van der Waals surface area (Å²) in [5.41, 5.74) is 6.12. The zero-order chi connectivity index (χ0) is 12.8. The molecule has 0 spiro atoms. The van der Waals surface area contributed by atoms with Gasteiger partial charge < -0.3 is 10.8 Å². The lowest BCUT2D eigenvalue weighted by atomic mass is 9.86. The summed E-state index contributed by atoms with van der Waals surface area (Å²) in [6, 6.07) is 3.03. The third-order valence-corrected chi connectivity index (χ3v) is 3.25. The number of nitrogens with zero attached hydrogens (tertiary/aromatic N) is 1. The van der Waals surface area contributed by atoms with Gasteiger partial charge in [0.2, 0.25) is 0 Å². The number of carbonyl (C=O) groups is 1. The summed E-state index contributed by atoms with van der Waals surface area (Å²) in [6.45, 7) is 5.50. The van der Waals surface area contributed by atoms with Crippen molar-refractivity contribution in [2.24, 2.45) is 5.41 Å². The van der Waals surface area contributed by atoms with Crippen LogP contribution in [0.3, 0.4) is 0 Å². The van der Waals surface area contributed by atoms with Crippen molar-refractivity contribution < 1.29 is 9.90 Å². The van der Waals surface area contributed by atoms with Crippen molar-refractivity contribution in [3.05, 3.63) is 17.7 Å². The predicted octanol–water partition coefficient (Wildman–Crippen LogP) is 2.81. The summed E-state index contributed by atoms with van der Waals surface area (Å²) in [6.07, 6.45) is 0. The number of hydrogen-bond acceptors (Lipinski definition) is 5. The van der Waals surface area contributed by atoms with Crippen molar-refractivity contribution >= 4 is 32.5 Å². The van der Waals surface area contributed by atoms with Crippen molar-refractivity contribution in [2.45, 2.75) is 20.8 Å². The number of nitrogens with two attached hydrogens (primary N) is 1. The van der Waals surface area contributed by atoms with Crippen molar-refractivity contribution in [2.75, 3.05) is 5.73 Å². The fourth-order valence-electron chi connectivity index (χ4n) is 1.61. The van der Waals surface area contributed by atoms with Crippen molar-refractivity contribution in [3.63, 3.8) is 0 Å². The number of anilines is 1. The number of carbonyl (C=O) groups excluding carboxylic acids is 1. The molecule has 3 N–H and O–H groups in total. The van der Waals surface area contributed by atoms with Crippen LogP contribution in [0.15, 0.2) is 12.1 Å². The minimum atomic E-state index is -0.515. The molecule has 1 heterocycles. The number of rotatable bonds is 1. The number of thiazole rings is 1. The summed E-state index contributed by atoms with van der Waals surface area (Å²) < 4.78 is 0.732. The molecule has 5 heteroatoms. The maximum Gasteiger partial charge on any atom is 0.181 e. The lowest BCUT2D eigenvalue weighted by molar-refractivity contribution is 0.0859. The van der Waals surface area contributed by atoms with E-state index in [1.807, 2.05) is 20.8 Å². The van der Waals surface area contributed by atoms with Gasteiger partial charge in [-0.15, -0.1) is 0 Å². The van der Waals surface area contributed by atoms with Crippen LogP contribution in [0.5, 0.6) is 5.75 Å². The highest BCUT2D eigenvalue weighted by molar-refractivity contribution is 7.22. The number of benzene rings is 1. The van der Waals surface area contributed by atoms with Crippen LogP contribution in [-0.4, -0.2) is 15.9 Å². The maximum atomic E-state index is 12.3. The number of phenols is 1. The van der Waals surface area contributed by atoms with Crippen LogP contribution in [0, 0.1) is 5.41 Å². The fraction of sp³-hybridized carbons (Fsp3) is 0.333. The second kappa shape index (κ2) is 3.70. The van der Waals surface area contributed by atoms with Gasteiger partial charge in [-0.05, 0) is 12.1 Å². The second-order valence-corrected chi connectivity index (χ2v) is 6.03. The van der Waals surface area contributed by atoms with Gasteiger partial charge in [-0.25, -0.2) is 4.98 Å². The first-order valence-corrected chi connectivity index (χ1v) is 6.04. The summed E-state index contributed by atoms with van der Waals surface area (Å²) in [5.74, 6) is 0.0115. The molecular formula is C12H14N2O2S. The van der Waals surface area contributed by atoms with Gasteiger partial charge in [-0.1, -0.05) is 32.1 Å². The molecule has 0 aliphatic carbocycles. The molecule has 2 rings (SSSR count). The number of ketones is 1. The Bertz CT molecular complexity index is 596. The minimum absolute atomic E-state index is 0.0521. The Hall–Kier alpha value is -1.62. The fourth-order valence-corrected chi connectivity index (χ4v) is 2.40. The normalized spacial score (nSPS) is 11.9. The minimum Gasteiger partial charge on any atom is -0.508 e. The maximum absolute atomic E-state index is 12.3. The van der Waals surface area contributed by atoms with Crippen LogP contribution in [0.1, 0.15) is 31.1 Å². The van der Waals surface area contributed by atoms with Gasteiger partial charge in [0.15, 0.2) is 10.9 Å². The van der Waals surface area contributed by atoms with E-state index in [1.165, 1.54) is 17.4 Å². The number of fused-ring (bicyclic) bond motifs is 1. The Labute approximate surface area is 103 Å². The summed E-state index contributed by atoms with van der Waals surface area (Å²) >= 11 is 1.26. The van der Waals surface area contributed by atoms with Crippen LogP contribution in [0.2, 0.25) is 0 Å². The largest absolute Gasteiger partial charge is 0.508 e. The summed E-state index contributed by atoms with van der Waals surface area (Å²) in [7, 11) is 0. The van der Waals surface area contributed by atoms with Crippen LogP contribution >= 0.6 is 11.3 Å². The number of phenolic OH excluding ortho intramolecular Hbond substituents is 1. The summed E-state index contributed by atoms with van der Waals surface area (Å²) in [4.78, 5) is 16.4. The molecule has 0 bridgehead atoms. The van der Waals surface area contributed by atoms with Gasteiger partial charge >= 0.3 is 0 Å². The molecule has 2 aromatic rings. The van der Waals surface area contributed by atoms with E-state index in [0.29, 0.717) is 16.2 Å². The van der Waals surface area contributed by atoms with Gasteiger partial charge in [-0.2, -0.15) is 0 Å². The van der Waals surface area contributed by atoms with E-state index in [-0.39, 0.29) is 11.5 Å². The van der Waals surface area contributed by atoms with Crippen LogP contribution in [0.25, 0.3) is 10.2 Å². The van der Waals surface area contributed by atoms with Gasteiger partial charge in [0.05, 0.1) is 10.2 Å². The highest BCUT2D eigenvalue weighted by Crippen LogP contribution is 2.33. The molecule has 1 aromatic carbocycles. The average Bonchev–Trinajstić information content (AvgIpc) is 2.54. The highest BCUT2D eigenvalue weighted by Gasteiger charge is 2.26. The quantitative estimate of drug-likeness (QED) is 0.763. The van der Waals surface area contributed by atoms with Crippen LogP contribution in [0.4, 0.5) is 5.13 Å². The molecule has 0 fully saturated rings. The number of hydrogen-bond donors (Lipinski definition) is 2. The van der Waals surface area contributed by atoms with Crippen LogP contribution in [-0.2, 0) is 0 Å². The van der Waals surface area contributed by atoms with E-state index >= 15 is 0 Å². The SMILES string of the molecule is CC(C)(C)C(=O)c1cc(O)cc2sc(N)nc12.